The van der Waals surface area contributed by atoms with E-state index in [-0.39, 0.29) is 17.5 Å². The molecule has 0 amide bonds. The molecule has 1 atom stereocenters. The highest BCUT2D eigenvalue weighted by Crippen LogP contribution is 2.27. The summed E-state index contributed by atoms with van der Waals surface area (Å²) in [6.45, 7) is 1.02. The zero-order chi connectivity index (χ0) is 12.7. The molecule has 1 heterocycles. The molecule has 100 valence electrons. The summed E-state index contributed by atoms with van der Waals surface area (Å²) < 4.78 is 57.5. The normalized spacial score (nSPS) is 17.8. The van der Waals surface area contributed by atoms with Crippen LogP contribution >= 0.6 is 0 Å². The van der Waals surface area contributed by atoms with Crippen LogP contribution in [0, 0.1) is 30.2 Å². The van der Waals surface area contributed by atoms with Crippen molar-refractivity contribution in [3.05, 3.63) is 34.4 Å². The van der Waals surface area contributed by atoms with Crippen LogP contribution in [0.15, 0.2) is 0 Å². The molecule has 0 spiro atoms. The van der Waals surface area contributed by atoms with Crippen LogP contribution in [0.2, 0.25) is 0 Å². The van der Waals surface area contributed by atoms with Gasteiger partial charge in [-0.25, -0.2) is 17.6 Å². The maximum Gasteiger partial charge on any atom is 0.309 e. The van der Waals surface area contributed by atoms with E-state index in [1.165, 1.54) is 0 Å². The maximum atomic E-state index is 13.5. The van der Waals surface area contributed by atoms with E-state index in [0.29, 0.717) is 0 Å². The number of hydrogen-bond acceptors (Lipinski definition) is 2. The van der Waals surface area contributed by atoms with Crippen molar-refractivity contribution in [2.45, 2.75) is 25.9 Å². The number of halogens is 5. The minimum absolute atomic E-state index is 0. The molecule has 1 saturated heterocycles. The molecule has 0 aromatic heterocycles. The van der Waals surface area contributed by atoms with E-state index >= 15 is 0 Å². The third-order valence-electron chi connectivity index (χ3n) is 2.70. The van der Waals surface area contributed by atoms with E-state index in [9.17, 15) is 22.4 Å². The first kappa shape index (κ1) is 14.4. The van der Waals surface area contributed by atoms with Gasteiger partial charge in [0.2, 0.25) is 0 Å². The molecule has 1 fully saturated rings. The molecular formula is C11H9F5O2. The van der Waals surface area contributed by atoms with Crippen molar-refractivity contribution in [1.29, 1.82) is 0 Å². The van der Waals surface area contributed by atoms with Gasteiger partial charge in [-0.1, -0.05) is 0 Å². The molecule has 0 N–H and O–H groups in total. The Balaban J connectivity index is 0.00000162. The fraction of sp³-hybridized carbons (Fsp3) is 0.364. The average Bonchev–Trinajstić information content (AvgIpc) is 2.27. The number of carbonyl (C=O) groups is 1. The average molecular weight is 268 g/mol. The van der Waals surface area contributed by atoms with E-state index in [2.05, 4.69) is 4.74 Å². The highest BCUT2D eigenvalue weighted by atomic mass is 19.2. The molecule has 18 heavy (non-hydrogen) atoms. The first-order valence-corrected chi connectivity index (χ1v) is 4.92. The van der Waals surface area contributed by atoms with Gasteiger partial charge in [-0.2, -0.15) is 0 Å². The molecule has 1 aliphatic rings. The number of carbonyl (C=O) groups excluding carboxylic acids is 1. The highest BCUT2D eigenvalue weighted by molar-refractivity contribution is 5.75. The molecular weight excluding hydrogens is 259 g/mol. The second-order valence-electron chi connectivity index (χ2n) is 3.88. The van der Waals surface area contributed by atoms with Gasteiger partial charge in [0.25, 0.3) is 0 Å². The van der Waals surface area contributed by atoms with Crippen molar-refractivity contribution >= 4 is 5.97 Å². The van der Waals surface area contributed by atoms with Crippen molar-refractivity contribution in [3.8, 4) is 0 Å². The van der Waals surface area contributed by atoms with Crippen LogP contribution < -0.4 is 0 Å². The largest absolute Gasteiger partial charge is 0.461 e. The van der Waals surface area contributed by atoms with Crippen LogP contribution in [-0.4, -0.2) is 12.1 Å². The van der Waals surface area contributed by atoms with Crippen LogP contribution in [-0.2, 0) is 16.0 Å². The first-order chi connectivity index (χ1) is 7.91. The van der Waals surface area contributed by atoms with E-state index in [1.54, 1.807) is 0 Å². The zero-order valence-electron chi connectivity index (χ0n) is 9.23. The number of rotatable bonds is 2. The standard InChI is InChI=1S/C11H8F4O2.FH/c1-4-8(12)6(2-5-3-7(16)17-5)10(14)11(15)9(4)13;/h5H,2-3H2,1H3;1H. The fourth-order valence-corrected chi connectivity index (χ4v) is 1.70. The topological polar surface area (TPSA) is 26.3 Å². The lowest BCUT2D eigenvalue weighted by atomic mass is 9.99. The number of cyclic esters (lactones) is 1. The summed E-state index contributed by atoms with van der Waals surface area (Å²) in [6, 6.07) is 0. The van der Waals surface area contributed by atoms with E-state index in [0.717, 1.165) is 6.92 Å². The monoisotopic (exact) mass is 268 g/mol. The van der Waals surface area contributed by atoms with Gasteiger partial charge < -0.3 is 4.74 Å². The van der Waals surface area contributed by atoms with Gasteiger partial charge in [0.05, 0.1) is 6.42 Å². The lowest BCUT2D eigenvalue weighted by Gasteiger charge is -2.26. The lowest BCUT2D eigenvalue weighted by molar-refractivity contribution is -0.169. The predicted molar refractivity (Wildman–Crippen MR) is 51.7 cm³/mol. The van der Waals surface area contributed by atoms with E-state index in [4.69, 9.17) is 0 Å². The minimum Gasteiger partial charge on any atom is -0.461 e. The molecule has 1 unspecified atom stereocenters. The number of esters is 1. The molecule has 1 aromatic carbocycles. The van der Waals surface area contributed by atoms with Gasteiger partial charge in [-0.05, 0) is 6.92 Å². The number of benzene rings is 1. The van der Waals surface area contributed by atoms with Crippen molar-refractivity contribution in [2.24, 2.45) is 0 Å². The quantitative estimate of drug-likeness (QED) is 0.356. The second kappa shape index (κ2) is 4.91. The Bertz CT molecular complexity index is 464. The Morgan fingerprint density at radius 2 is 1.67 bits per heavy atom. The summed E-state index contributed by atoms with van der Waals surface area (Å²) in [6.07, 6.45) is -0.936. The molecule has 0 radical (unpaired) electrons. The van der Waals surface area contributed by atoms with Gasteiger partial charge in [0, 0.05) is 17.5 Å². The summed E-state index contributed by atoms with van der Waals surface area (Å²) in [4.78, 5) is 10.5. The molecule has 0 saturated carbocycles. The van der Waals surface area contributed by atoms with Crippen molar-refractivity contribution < 1.29 is 31.8 Å². The molecule has 1 aromatic rings. The predicted octanol–water partition coefficient (Wildman–Crippen LogP) is 2.56. The smallest absolute Gasteiger partial charge is 0.309 e. The summed E-state index contributed by atoms with van der Waals surface area (Å²) >= 11 is 0. The molecule has 2 nitrogen and oxygen atoms in total. The van der Waals surface area contributed by atoms with Crippen LogP contribution in [0.25, 0.3) is 0 Å². The number of hydrogen-bond donors (Lipinski definition) is 0. The van der Waals surface area contributed by atoms with Crippen molar-refractivity contribution in [2.75, 3.05) is 0 Å². The van der Waals surface area contributed by atoms with Crippen molar-refractivity contribution in [3.63, 3.8) is 0 Å². The summed E-state index contributed by atoms with van der Waals surface area (Å²) in [5.41, 5.74) is -1.16. The number of ether oxygens (including phenoxy) is 1. The summed E-state index contributed by atoms with van der Waals surface area (Å²) in [5, 5.41) is 0. The Kier molecular flexibility index (Phi) is 3.93. The molecule has 2 rings (SSSR count). The fourth-order valence-electron chi connectivity index (χ4n) is 1.70. The second-order valence-corrected chi connectivity index (χ2v) is 3.88. The Morgan fingerprint density at radius 1 is 1.11 bits per heavy atom. The van der Waals surface area contributed by atoms with Gasteiger partial charge >= 0.3 is 5.97 Å². The van der Waals surface area contributed by atoms with Crippen molar-refractivity contribution in [1.82, 2.24) is 0 Å². The molecule has 0 bridgehead atoms. The summed E-state index contributed by atoms with van der Waals surface area (Å²) in [7, 11) is 0. The van der Waals surface area contributed by atoms with Crippen LogP contribution in [0.3, 0.4) is 0 Å². The third kappa shape index (κ3) is 2.16. The van der Waals surface area contributed by atoms with Gasteiger partial charge in [0.15, 0.2) is 17.5 Å². The summed E-state index contributed by atoms with van der Waals surface area (Å²) in [5.74, 6) is -6.41. The zero-order valence-corrected chi connectivity index (χ0v) is 9.23. The first-order valence-electron chi connectivity index (χ1n) is 4.92. The van der Waals surface area contributed by atoms with Gasteiger partial charge in [-0.15, -0.1) is 0 Å². The Morgan fingerprint density at radius 3 is 2.17 bits per heavy atom. The lowest BCUT2D eigenvalue weighted by Crippen LogP contribution is -2.35. The van der Waals surface area contributed by atoms with E-state index in [1.807, 2.05) is 0 Å². The Labute approximate surface area is 98.9 Å². The molecule has 0 aliphatic carbocycles. The van der Waals surface area contributed by atoms with E-state index < -0.39 is 46.5 Å². The third-order valence-corrected chi connectivity index (χ3v) is 2.70. The van der Waals surface area contributed by atoms with Crippen LogP contribution in [0.4, 0.5) is 22.3 Å². The minimum atomic E-state index is -1.70. The highest BCUT2D eigenvalue weighted by Gasteiger charge is 2.32. The molecule has 1 aliphatic heterocycles. The molecule has 7 heteroatoms. The maximum absolute atomic E-state index is 13.5. The van der Waals surface area contributed by atoms with Crippen LogP contribution in [0.1, 0.15) is 17.5 Å². The SMILES string of the molecule is Cc1c(F)c(F)c(F)c(CC2CC(=O)O2)c1F.F. The Hall–Kier alpha value is -1.66. The van der Waals surface area contributed by atoms with Gasteiger partial charge in [-0.3, -0.25) is 9.50 Å². The van der Waals surface area contributed by atoms with Gasteiger partial charge in [0.1, 0.15) is 11.9 Å². The van der Waals surface area contributed by atoms with Crippen LogP contribution in [0.5, 0.6) is 0 Å².